The lowest BCUT2D eigenvalue weighted by molar-refractivity contribution is -0.708. The second kappa shape index (κ2) is 6.79. The molecule has 120 valence electrons. The number of aryl methyl sites for hydroxylation is 2. The normalized spacial score (nSPS) is 15.3. The predicted octanol–water partition coefficient (Wildman–Crippen LogP) is 4.93. The minimum absolute atomic E-state index is 1.12. The van der Waals surface area contributed by atoms with Crippen molar-refractivity contribution in [2.24, 2.45) is 0 Å². The number of benzene rings is 1. The van der Waals surface area contributed by atoms with Crippen molar-refractivity contribution in [2.45, 2.75) is 45.1 Å². The minimum atomic E-state index is 1.12. The first-order valence-electron chi connectivity index (χ1n) is 8.33. The van der Waals surface area contributed by atoms with Crippen molar-refractivity contribution in [3.63, 3.8) is 0 Å². The SMILES string of the molecule is CCCC[n+]1c(C)cc(/C=C2\Sc3ccccc3N2C)cc1C. The number of hydrogen-bond acceptors (Lipinski definition) is 2. The van der Waals surface area contributed by atoms with Gasteiger partial charge in [0.2, 0.25) is 0 Å². The van der Waals surface area contributed by atoms with E-state index in [9.17, 15) is 0 Å². The fraction of sp³-hybridized carbons (Fsp3) is 0.350. The van der Waals surface area contributed by atoms with Crippen LogP contribution in [0.15, 0.2) is 46.3 Å². The zero-order valence-corrected chi connectivity index (χ0v) is 15.3. The van der Waals surface area contributed by atoms with Gasteiger partial charge >= 0.3 is 0 Å². The molecule has 0 fully saturated rings. The molecular weight excluding hydrogens is 300 g/mol. The fourth-order valence-electron chi connectivity index (χ4n) is 3.10. The standard InChI is InChI=1S/C20H25N2S/c1-5-6-11-22-15(2)12-17(13-16(22)3)14-20-21(4)18-9-7-8-10-19(18)23-20/h7-10,12-14H,5-6,11H2,1-4H3/q+1. The van der Waals surface area contributed by atoms with E-state index < -0.39 is 0 Å². The third kappa shape index (κ3) is 3.30. The van der Waals surface area contributed by atoms with Crippen molar-refractivity contribution in [1.29, 1.82) is 0 Å². The maximum absolute atomic E-state index is 2.42. The number of anilines is 1. The molecule has 1 aromatic carbocycles. The first-order valence-corrected chi connectivity index (χ1v) is 9.15. The number of pyridine rings is 1. The van der Waals surface area contributed by atoms with Gasteiger partial charge in [-0.3, -0.25) is 0 Å². The number of para-hydroxylation sites is 1. The number of nitrogens with zero attached hydrogens (tertiary/aromatic N) is 2. The largest absolute Gasteiger partial charge is 0.338 e. The van der Waals surface area contributed by atoms with E-state index in [1.807, 2.05) is 11.8 Å². The Hall–Kier alpha value is -1.74. The van der Waals surface area contributed by atoms with Crippen LogP contribution in [-0.4, -0.2) is 7.05 Å². The van der Waals surface area contributed by atoms with Gasteiger partial charge in [-0.1, -0.05) is 37.2 Å². The monoisotopic (exact) mass is 325 g/mol. The molecule has 0 spiro atoms. The quantitative estimate of drug-likeness (QED) is 0.736. The molecule has 3 heteroatoms. The van der Waals surface area contributed by atoms with Crippen molar-refractivity contribution < 1.29 is 4.57 Å². The van der Waals surface area contributed by atoms with Crippen LogP contribution in [0.3, 0.4) is 0 Å². The summed E-state index contributed by atoms with van der Waals surface area (Å²) in [6, 6.07) is 13.2. The Morgan fingerprint density at radius 3 is 2.48 bits per heavy atom. The van der Waals surface area contributed by atoms with Crippen LogP contribution in [0.1, 0.15) is 36.7 Å². The molecule has 2 aromatic rings. The summed E-state index contributed by atoms with van der Waals surface area (Å²) in [6.45, 7) is 7.79. The van der Waals surface area contributed by atoms with Gasteiger partial charge in [0.1, 0.15) is 6.54 Å². The smallest absolute Gasteiger partial charge is 0.179 e. The maximum atomic E-state index is 2.42. The van der Waals surface area contributed by atoms with Gasteiger partial charge in [0.15, 0.2) is 11.4 Å². The lowest BCUT2D eigenvalue weighted by Crippen LogP contribution is -2.40. The average Bonchev–Trinajstić information content (AvgIpc) is 2.83. The fourth-order valence-corrected chi connectivity index (χ4v) is 4.21. The summed E-state index contributed by atoms with van der Waals surface area (Å²) in [7, 11) is 2.15. The van der Waals surface area contributed by atoms with Gasteiger partial charge in [-0.25, -0.2) is 4.57 Å². The molecule has 1 aliphatic rings. The van der Waals surface area contributed by atoms with E-state index in [0.717, 1.165) is 6.54 Å². The number of fused-ring (bicyclic) bond motifs is 1. The summed E-state index contributed by atoms with van der Waals surface area (Å²) in [6.07, 6.45) is 4.77. The first kappa shape index (κ1) is 16.1. The van der Waals surface area contributed by atoms with Crippen LogP contribution in [0.2, 0.25) is 0 Å². The molecule has 0 saturated heterocycles. The van der Waals surface area contributed by atoms with Gasteiger partial charge in [0.05, 0.1) is 10.7 Å². The lowest BCUT2D eigenvalue weighted by atomic mass is 10.1. The molecule has 3 rings (SSSR count). The summed E-state index contributed by atoms with van der Waals surface area (Å²) in [5.74, 6) is 0. The Labute approximate surface area is 143 Å². The molecule has 2 heterocycles. The van der Waals surface area contributed by atoms with Crippen molar-refractivity contribution in [2.75, 3.05) is 11.9 Å². The van der Waals surface area contributed by atoms with Crippen molar-refractivity contribution in [1.82, 2.24) is 0 Å². The van der Waals surface area contributed by atoms with Gasteiger partial charge in [-0.15, -0.1) is 0 Å². The topological polar surface area (TPSA) is 7.12 Å². The number of aromatic nitrogens is 1. The van der Waals surface area contributed by atoms with Crippen LogP contribution in [-0.2, 0) is 6.54 Å². The maximum Gasteiger partial charge on any atom is 0.179 e. The van der Waals surface area contributed by atoms with Gasteiger partial charge in [-0.2, -0.15) is 0 Å². The first-order chi connectivity index (χ1) is 11.1. The Morgan fingerprint density at radius 1 is 1.13 bits per heavy atom. The number of unbranched alkanes of at least 4 members (excludes halogenated alkanes) is 1. The van der Waals surface area contributed by atoms with Crippen LogP contribution < -0.4 is 9.47 Å². The third-order valence-electron chi connectivity index (χ3n) is 4.40. The highest BCUT2D eigenvalue weighted by molar-refractivity contribution is 8.03. The Balaban J connectivity index is 1.89. The van der Waals surface area contributed by atoms with Gasteiger partial charge in [-0.05, 0) is 23.8 Å². The third-order valence-corrected chi connectivity index (χ3v) is 5.57. The average molecular weight is 326 g/mol. The van der Waals surface area contributed by atoms with E-state index in [1.165, 1.54) is 45.4 Å². The molecule has 0 amide bonds. The minimum Gasteiger partial charge on any atom is -0.338 e. The second-order valence-electron chi connectivity index (χ2n) is 6.19. The van der Waals surface area contributed by atoms with Crippen LogP contribution >= 0.6 is 11.8 Å². The highest BCUT2D eigenvalue weighted by Gasteiger charge is 2.21. The highest BCUT2D eigenvalue weighted by Crippen LogP contribution is 2.45. The molecule has 23 heavy (non-hydrogen) atoms. The second-order valence-corrected chi connectivity index (χ2v) is 7.25. The van der Waals surface area contributed by atoms with Crippen LogP contribution in [0.4, 0.5) is 5.69 Å². The van der Waals surface area contributed by atoms with Crippen molar-refractivity contribution in [3.8, 4) is 0 Å². The molecule has 1 aliphatic heterocycles. The molecule has 0 N–H and O–H groups in total. The van der Waals surface area contributed by atoms with E-state index >= 15 is 0 Å². The van der Waals surface area contributed by atoms with Gasteiger partial charge < -0.3 is 4.90 Å². The van der Waals surface area contributed by atoms with Crippen molar-refractivity contribution in [3.05, 3.63) is 58.4 Å². The molecular formula is C20H25N2S+. The molecule has 0 atom stereocenters. The molecule has 0 radical (unpaired) electrons. The molecule has 0 unspecified atom stereocenters. The van der Waals surface area contributed by atoms with E-state index in [0.29, 0.717) is 0 Å². The van der Waals surface area contributed by atoms with Gasteiger partial charge in [0, 0.05) is 44.3 Å². The molecule has 0 bridgehead atoms. The Morgan fingerprint density at radius 2 is 1.83 bits per heavy atom. The zero-order valence-electron chi connectivity index (χ0n) is 14.5. The van der Waals surface area contributed by atoms with Crippen LogP contribution in [0.25, 0.3) is 6.08 Å². The predicted molar refractivity (Wildman–Crippen MR) is 99.7 cm³/mol. The van der Waals surface area contributed by atoms with Crippen LogP contribution in [0.5, 0.6) is 0 Å². The van der Waals surface area contributed by atoms with Crippen molar-refractivity contribution >= 4 is 23.5 Å². The number of thioether (sulfide) groups is 1. The summed E-state index contributed by atoms with van der Waals surface area (Å²) in [5, 5.41) is 1.29. The molecule has 2 nitrogen and oxygen atoms in total. The molecule has 1 aromatic heterocycles. The Bertz CT molecular complexity index is 726. The van der Waals surface area contributed by atoms with E-state index in [4.69, 9.17) is 0 Å². The lowest BCUT2D eigenvalue weighted by Gasteiger charge is -2.13. The summed E-state index contributed by atoms with van der Waals surface area (Å²) in [5.41, 5.74) is 5.27. The molecule has 0 saturated carbocycles. The molecule has 0 aliphatic carbocycles. The summed E-state index contributed by atoms with van der Waals surface area (Å²) < 4.78 is 2.42. The highest BCUT2D eigenvalue weighted by atomic mass is 32.2. The number of rotatable bonds is 4. The summed E-state index contributed by atoms with van der Waals surface area (Å²) in [4.78, 5) is 3.62. The van der Waals surface area contributed by atoms with E-state index in [2.05, 4.69) is 79.8 Å². The Kier molecular flexibility index (Phi) is 4.76. The van der Waals surface area contributed by atoms with Gasteiger partial charge in [0.25, 0.3) is 0 Å². The zero-order chi connectivity index (χ0) is 16.4. The van der Waals surface area contributed by atoms with Crippen LogP contribution in [0, 0.1) is 13.8 Å². The summed E-state index contributed by atoms with van der Waals surface area (Å²) >= 11 is 1.85. The number of hydrogen-bond donors (Lipinski definition) is 0. The van der Waals surface area contributed by atoms with E-state index in [1.54, 1.807) is 0 Å². The van der Waals surface area contributed by atoms with E-state index in [-0.39, 0.29) is 0 Å².